The average Bonchev–Trinajstić information content (AvgIpc) is 3.64. The van der Waals surface area contributed by atoms with Gasteiger partial charge in [-0.1, -0.05) is 188 Å². The molecule has 0 bridgehead atoms. The maximum atomic E-state index is 10.9. The molecule has 0 aliphatic heterocycles. The molecule has 9 aromatic carbocycles. The Kier molecular flexibility index (Phi) is 7.84. The predicted octanol–water partition coefficient (Wildman–Crippen LogP) is 13.7. The van der Waals surface area contributed by atoms with Crippen LogP contribution in [0, 0.1) is 11.3 Å². The summed E-state index contributed by atoms with van der Waals surface area (Å²) in [7, 11) is 0. The Bertz CT molecular complexity index is 3290. The van der Waals surface area contributed by atoms with Crippen LogP contribution in [0.25, 0.3) is 111 Å². The van der Waals surface area contributed by atoms with E-state index in [1.54, 1.807) is 0 Å². The molecule has 0 fully saturated rings. The Morgan fingerprint density at radius 1 is 0.310 bits per heavy atom. The lowest BCUT2D eigenvalue weighted by Crippen LogP contribution is -2.01. The second kappa shape index (κ2) is 13.6. The van der Waals surface area contributed by atoms with Crippen LogP contribution in [0.4, 0.5) is 0 Å². The van der Waals surface area contributed by atoms with Crippen LogP contribution in [-0.2, 0) is 0 Å². The van der Waals surface area contributed by atoms with E-state index in [0.717, 1.165) is 55.3 Å². The molecule has 0 saturated carbocycles. The van der Waals surface area contributed by atoms with Crippen LogP contribution in [-0.4, -0.2) is 15.0 Å². The highest BCUT2D eigenvalue weighted by Crippen LogP contribution is 2.51. The summed E-state index contributed by atoms with van der Waals surface area (Å²) >= 11 is 0. The van der Waals surface area contributed by atoms with E-state index in [0.29, 0.717) is 23.0 Å². The van der Waals surface area contributed by atoms with Crippen molar-refractivity contribution in [3.8, 4) is 95.9 Å². The number of hydrogen-bond acceptors (Lipinski definition) is 4. The molecular weight excluding hydrogens is 705 g/mol. The first-order valence-corrected chi connectivity index (χ1v) is 19.4. The van der Waals surface area contributed by atoms with Crippen molar-refractivity contribution in [3.05, 3.63) is 200 Å². The average molecular weight is 737 g/mol. The van der Waals surface area contributed by atoms with Crippen molar-refractivity contribution in [2.75, 3.05) is 0 Å². The molecule has 11 rings (SSSR count). The second-order valence-corrected chi connectivity index (χ2v) is 14.6. The molecule has 58 heavy (non-hydrogen) atoms. The van der Waals surface area contributed by atoms with Gasteiger partial charge in [0.15, 0.2) is 17.5 Å². The zero-order chi connectivity index (χ0) is 38.6. The maximum absolute atomic E-state index is 10.9. The van der Waals surface area contributed by atoms with Gasteiger partial charge in [-0.05, 0) is 72.1 Å². The zero-order valence-corrected chi connectivity index (χ0v) is 31.3. The van der Waals surface area contributed by atoms with Gasteiger partial charge >= 0.3 is 0 Å². The predicted molar refractivity (Wildman–Crippen MR) is 237 cm³/mol. The molecule has 0 saturated heterocycles. The third-order valence-electron chi connectivity index (χ3n) is 11.3. The minimum Gasteiger partial charge on any atom is -0.208 e. The Labute approximate surface area is 336 Å². The highest BCUT2D eigenvalue weighted by atomic mass is 15.0. The van der Waals surface area contributed by atoms with E-state index in [4.69, 9.17) is 15.0 Å². The van der Waals surface area contributed by atoms with E-state index in [1.807, 2.05) is 78.9 Å². The number of hydrogen-bond donors (Lipinski definition) is 0. The van der Waals surface area contributed by atoms with Crippen molar-refractivity contribution in [1.29, 1.82) is 5.26 Å². The van der Waals surface area contributed by atoms with Crippen molar-refractivity contribution >= 4 is 21.5 Å². The number of benzene rings is 9. The molecule has 4 nitrogen and oxygen atoms in total. The Morgan fingerprint density at radius 3 is 1.60 bits per heavy atom. The molecule has 0 atom stereocenters. The maximum Gasteiger partial charge on any atom is 0.164 e. The number of nitriles is 1. The lowest BCUT2D eigenvalue weighted by molar-refractivity contribution is 1.07. The molecule has 4 heteroatoms. The first-order valence-electron chi connectivity index (χ1n) is 19.4. The van der Waals surface area contributed by atoms with Crippen molar-refractivity contribution in [3.63, 3.8) is 0 Å². The third-order valence-corrected chi connectivity index (χ3v) is 11.3. The minimum atomic E-state index is 0.541. The van der Waals surface area contributed by atoms with Crippen LogP contribution >= 0.6 is 0 Å². The SMILES string of the molecule is N#Cc1c(-c2ccc(-c3ccc4cccc5c4c3-c3ccccc3-5)cc2)cccc1-c1ccccc1-c1nc(-c2ccccc2)nc(-c2ccc3ccccc3c2)n1. The fourth-order valence-electron chi connectivity index (χ4n) is 8.61. The molecule has 1 heterocycles. The quantitative estimate of drug-likeness (QED) is 0.170. The van der Waals surface area contributed by atoms with Gasteiger partial charge in [0.2, 0.25) is 0 Å². The summed E-state index contributed by atoms with van der Waals surface area (Å²) in [5.41, 5.74) is 14.2. The van der Waals surface area contributed by atoms with Gasteiger partial charge in [0.25, 0.3) is 0 Å². The summed E-state index contributed by atoms with van der Waals surface area (Å²) in [5, 5.41) is 15.7. The van der Waals surface area contributed by atoms with E-state index in [2.05, 4.69) is 121 Å². The first kappa shape index (κ1) is 33.3. The highest BCUT2D eigenvalue weighted by molar-refractivity contribution is 6.19. The Balaban J connectivity index is 1.02. The van der Waals surface area contributed by atoms with Crippen molar-refractivity contribution < 1.29 is 0 Å². The molecule has 1 aliphatic rings. The van der Waals surface area contributed by atoms with Gasteiger partial charge in [0, 0.05) is 27.8 Å². The van der Waals surface area contributed by atoms with Gasteiger partial charge in [-0.25, -0.2) is 15.0 Å². The Hall–Kier alpha value is -8.00. The standard InChI is InChI=1S/C54H32N4/c55-33-49-41(35-25-27-36(28-26-35)42-31-30-37-16-10-23-46-45-18-6-8-19-47(45)51(42)50(37)46)21-11-22-44(49)43-17-7-9-20-48(43)54-57-52(38-13-2-1-3-14-38)56-53(58-54)40-29-24-34-12-4-5-15-39(34)32-40/h1-32H. The lowest BCUT2D eigenvalue weighted by atomic mass is 9.89. The van der Waals surface area contributed by atoms with E-state index in [-0.39, 0.29) is 0 Å². The molecular formula is C54H32N4. The van der Waals surface area contributed by atoms with Crippen molar-refractivity contribution in [1.82, 2.24) is 15.0 Å². The van der Waals surface area contributed by atoms with Gasteiger partial charge in [-0.2, -0.15) is 5.26 Å². The Morgan fingerprint density at radius 2 is 0.828 bits per heavy atom. The van der Waals surface area contributed by atoms with Crippen LogP contribution in [0.3, 0.4) is 0 Å². The second-order valence-electron chi connectivity index (χ2n) is 14.6. The largest absolute Gasteiger partial charge is 0.208 e. The van der Waals surface area contributed by atoms with Crippen LogP contribution in [0.2, 0.25) is 0 Å². The van der Waals surface area contributed by atoms with Gasteiger partial charge in [0.1, 0.15) is 6.07 Å². The van der Waals surface area contributed by atoms with Crippen molar-refractivity contribution in [2.24, 2.45) is 0 Å². The summed E-state index contributed by atoms with van der Waals surface area (Å²) in [6, 6.07) is 69.7. The van der Waals surface area contributed by atoms with E-state index >= 15 is 0 Å². The van der Waals surface area contributed by atoms with Gasteiger partial charge < -0.3 is 0 Å². The number of rotatable bonds is 6. The van der Waals surface area contributed by atoms with Gasteiger partial charge in [0.05, 0.1) is 5.56 Å². The molecule has 0 N–H and O–H groups in total. The van der Waals surface area contributed by atoms with Crippen molar-refractivity contribution in [2.45, 2.75) is 0 Å². The summed E-state index contributed by atoms with van der Waals surface area (Å²) in [5.74, 6) is 1.71. The first-order chi connectivity index (χ1) is 28.7. The monoisotopic (exact) mass is 736 g/mol. The summed E-state index contributed by atoms with van der Waals surface area (Å²) in [4.78, 5) is 15.2. The minimum absolute atomic E-state index is 0.541. The molecule has 1 aliphatic carbocycles. The van der Waals surface area contributed by atoms with Gasteiger partial charge in [-0.15, -0.1) is 0 Å². The van der Waals surface area contributed by atoms with E-state index in [1.165, 1.54) is 38.6 Å². The summed E-state index contributed by atoms with van der Waals surface area (Å²) in [6.45, 7) is 0. The highest BCUT2D eigenvalue weighted by Gasteiger charge is 2.24. The lowest BCUT2D eigenvalue weighted by Gasteiger charge is -2.15. The smallest absolute Gasteiger partial charge is 0.164 e. The fraction of sp³-hybridized carbons (Fsp3) is 0. The van der Waals surface area contributed by atoms with Crippen LogP contribution in [0.1, 0.15) is 5.56 Å². The number of fused-ring (bicyclic) bond motifs is 4. The third kappa shape index (κ3) is 5.49. The number of aromatic nitrogens is 3. The molecule has 10 aromatic rings. The fourth-order valence-corrected chi connectivity index (χ4v) is 8.61. The zero-order valence-electron chi connectivity index (χ0n) is 31.3. The summed E-state index contributed by atoms with van der Waals surface area (Å²) < 4.78 is 0. The number of nitrogens with zero attached hydrogens (tertiary/aromatic N) is 4. The van der Waals surface area contributed by atoms with Crippen LogP contribution in [0.5, 0.6) is 0 Å². The van der Waals surface area contributed by atoms with Gasteiger partial charge in [-0.3, -0.25) is 0 Å². The van der Waals surface area contributed by atoms with Crippen LogP contribution < -0.4 is 0 Å². The summed E-state index contributed by atoms with van der Waals surface area (Å²) in [6.07, 6.45) is 0. The molecule has 268 valence electrons. The molecule has 0 unspecified atom stereocenters. The molecule has 0 amide bonds. The molecule has 0 radical (unpaired) electrons. The van der Waals surface area contributed by atoms with E-state index < -0.39 is 0 Å². The van der Waals surface area contributed by atoms with Crippen LogP contribution in [0.15, 0.2) is 194 Å². The topological polar surface area (TPSA) is 62.5 Å². The normalized spacial score (nSPS) is 11.4. The molecule has 1 aromatic heterocycles. The molecule has 0 spiro atoms. The van der Waals surface area contributed by atoms with E-state index in [9.17, 15) is 5.26 Å².